The molecule has 0 fully saturated rings. The molecule has 1 aromatic rings. The molecule has 1 aromatic heterocycles. The summed E-state index contributed by atoms with van der Waals surface area (Å²) in [6.07, 6.45) is 1.20. The molecule has 1 rings (SSSR count). The molecule has 2 N–H and O–H groups in total. The predicted octanol–water partition coefficient (Wildman–Crippen LogP) is 1.13. The molecule has 0 saturated carbocycles. The van der Waals surface area contributed by atoms with Crippen LogP contribution in [0.5, 0.6) is 0 Å². The first-order chi connectivity index (χ1) is 9.32. The number of carboxylic acid groups (broad SMARTS) is 1. The van der Waals surface area contributed by atoms with Crippen LogP contribution in [0.4, 0.5) is 10.2 Å². The van der Waals surface area contributed by atoms with Crippen molar-refractivity contribution in [2.24, 2.45) is 5.92 Å². The van der Waals surface area contributed by atoms with Gasteiger partial charge in [0.1, 0.15) is 5.56 Å². The van der Waals surface area contributed by atoms with Gasteiger partial charge in [-0.2, -0.15) is 0 Å². The van der Waals surface area contributed by atoms with E-state index < -0.39 is 17.3 Å². The molecule has 110 valence electrons. The second kappa shape index (κ2) is 6.83. The summed E-state index contributed by atoms with van der Waals surface area (Å²) < 4.78 is 13.9. The van der Waals surface area contributed by atoms with Gasteiger partial charge in [-0.15, -0.1) is 0 Å². The number of carboxylic acids is 1. The van der Waals surface area contributed by atoms with Crippen LogP contribution in [0.25, 0.3) is 0 Å². The molecule has 20 heavy (non-hydrogen) atoms. The van der Waals surface area contributed by atoms with Crippen LogP contribution in [0.15, 0.2) is 12.3 Å². The Morgan fingerprint density at radius 2 is 2.15 bits per heavy atom. The van der Waals surface area contributed by atoms with E-state index in [0.29, 0.717) is 12.5 Å². The van der Waals surface area contributed by atoms with Gasteiger partial charge in [-0.25, -0.2) is 14.2 Å². The van der Waals surface area contributed by atoms with Gasteiger partial charge in [0.25, 0.3) is 0 Å². The highest BCUT2D eigenvalue weighted by Crippen LogP contribution is 2.18. The van der Waals surface area contributed by atoms with E-state index in [1.54, 1.807) is 0 Å². The molecular weight excluding hydrogens is 265 g/mol. The molecule has 7 heteroatoms. The van der Waals surface area contributed by atoms with Gasteiger partial charge in [-0.3, -0.25) is 4.79 Å². The fourth-order valence-corrected chi connectivity index (χ4v) is 1.53. The van der Waals surface area contributed by atoms with E-state index in [1.807, 2.05) is 13.8 Å². The number of anilines is 1. The first-order valence-corrected chi connectivity index (χ1v) is 6.18. The number of halogens is 1. The molecule has 0 aliphatic rings. The van der Waals surface area contributed by atoms with E-state index in [1.165, 1.54) is 18.1 Å². The van der Waals surface area contributed by atoms with Crippen molar-refractivity contribution in [1.29, 1.82) is 0 Å². The summed E-state index contributed by atoms with van der Waals surface area (Å²) in [7, 11) is 1.48. The van der Waals surface area contributed by atoms with E-state index in [4.69, 9.17) is 5.11 Å². The van der Waals surface area contributed by atoms with E-state index in [9.17, 15) is 14.0 Å². The normalized spacial score (nSPS) is 10.4. The van der Waals surface area contributed by atoms with Crippen LogP contribution in [-0.2, 0) is 4.79 Å². The van der Waals surface area contributed by atoms with Gasteiger partial charge in [-0.05, 0) is 12.0 Å². The van der Waals surface area contributed by atoms with Crippen LogP contribution in [-0.4, -0.2) is 42.1 Å². The Bertz CT molecular complexity index is 506. The van der Waals surface area contributed by atoms with Crippen molar-refractivity contribution in [3.05, 3.63) is 23.6 Å². The van der Waals surface area contributed by atoms with Crippen molar-refractivity contribution in [3.63, 3.8) is 0 Å². The fourth-order valence-electron chi connectivity index (χ4n) is 1.53. The third kappa shape index (κ3) is 4.18. The molecule has 0 saturated heterocycles. The average Bonchev–Trinajstić information content (AvgIpc) is 2.36. The highest BCUT2D eigenvalue weighted by Gasteiger charge is 2.19. The lowest BCUT2D eigenvalue weighted by Gasteiger charge is -2.19. The van der Waals surface area contributed by atoms with Gasteiger partial charge < -0.3 is 15.3 Å². The van der Waals surface area contributed by atoms with Gasteiger partial charge in [-0.1, -0.05) is 13.8 Å². The highest BCUT2D eigenvalue weighted by molar-refractivity contribution is 5.89. The van der Waals surface area contributed by atoms with Crippen LogP contribution in [0.3, 0.4) is 0 Å². The molecule has 6 nitrogen and oxygen atoms in total. The minimum atomic E-state index is -1.37. The number of rotatable bonds is 6. The Morgan fingerprint density at radius 1 is 1.50 bits per heavy atom. The van der Waals surface area contributed by atoms with E-state index in [-0.39, 0.29) is 18.3 Å². The largest absolute Gasteiger partial charge is 0.478 e. The minimum absolute atomic E-state index is 0.0975. The zero-order valence-corrected chi connectivity index (χ0v) is 11.7. The van der Waals surface area contributed by atoms with Crippen molar-refractivity contribution in [1.82, 2.24) is 10.3 Å². The second-order valence-electron chi connectivity index (χ2n) is 4.86. The monoisotopic (exact) mass is 283 g/mol. The lowest BCUT2D eigenvalue weighted by molar-refractivity contribution is -0.119. The number of nitrogens with one attached hydrogen (secondary N) is 1. The summed E-state index contributed by atoms with van der Waals surface area (Å²) >= 11 is 0. The SMILES string of the molecule is CC(C)CNC(=O)CN(C)c1nccc(C(=O)O)c1F. The Labute approximate surface area is 116 Å². The Kier molecular flexibility index (Phi) is 5.42. The van der Waals surface area contributed by atoms with Crippen LogP contribution >= 0.6 is 0 Å². The number of aromatic nitrogens is 1. The molecule has 1 amide bonds. The predicted molar refractivity (Wildman–Crippen MR) is 72.3 cm³/mol. The summed E-state index contributed by atoms with van der Waals surface area (Å²) in [5.74, 6) is -2.44. The van der Waals surface area contributed by atoms with E-state index >= 15 is 0 Å². The molecule has 0 radical (unpaired) electrons. The van der Waals surface area contributed by atoms with Gasteiger partial charge >= 0.3 is 5.97 Å². The number of aromatic carboxylic acids is 1. The summed E-state index contributed by atoms with van der Waals surface area (Å²) in [6, 6.07) is 1.08. The topological polar surface area (TPSA) is 82.5 Å². The lowest BCUT2D eigenvalue weighted by atomic mass is 10.2. The van der Waals surface area contributed by atoms with Crippen molar-refractivity contribution >= 4 is 17.7 Å². The minimum Gasteiger partial charge on any atom is -0.478 e. The quantitative estimate of drug-likeness (QED) is 0.817. The van der Waals surface area contributed by atoms with E-state index in [2.05, 4.69) is 10.3 Å². The summed E-state index contributed by atoms with van der Waals surface area (Å²) in [5.41, 5.74) is -0.468. The maximum Gasteiger partial charge on any atom is 0.338 e. The van der Waals surface area contributed by atoms with Crippen molar-refractivity contribution in [2.45, 2.75) is 13.8 Å². The number of amides is 1. The molecule has 0 bridgehead atoms. The number of carbonyl (C=O) groups excluding carboxylic acids is 1. The Morgan fingerprint density at radius 3 is 2.70 bits per heavy atom. The lowest BCUT2D eigenvalue weighted by Crippen LogP contribution is -2.37. The van der Waals surface area contributed by atoms with Crippen LogP contribution in [0.2, 0.25) is 0 Å². The molecule has 1 heterocycles. The van der Waals surface area contributed by atoms with Gasteiger partial charge in [0, 0.05) is 19.8 Å². The van der Waals surface area contributed by atoms with Crippen molar-refractivity contribution in [3.8, 4) is 0 Å². The number of nitrogens with zero attached hydrogens (tertiary/aromatic N) is 2. The van der Waals surface area contributed by atoms with Crippen LogP contribution < -0.4 is 10.2 Å². The van der Waals surface area contributed by atoms with Gasteiger partial charge in [0.2, 0.25) is 5.91 Å². The first-order valence-electron chi connectivity index (χ1n) is 6.18. The highest BCUT2D eigenvalue weighted by atomic mass is 19.1. The zero-order valence-electron chi connectivity index (χ0n) is 11.7. The number of likely N-dealkylation sites (N-methyl/N-ethyl adjacent to an activating group) is 1. The molecule has 0 aliphatic heterocycles. The third-order valence-corrected chi connectivity index (χ3v) is 2.55. The molecule has 0 aliphatic carbocycles. The Balaban J connectivity index is 2.77. The standard InChI is InChI=1S/C13H18FN3O3/c1-8(2)6-16-10(18)7-17(3)12-11(14)9(13(19)20)4-5-15-12/h4-5,8H,6-7H2,1-3H3,(H,16,18)(H,19,20). The average molecular weight is 283 g/mol. The fraction of sp³-hybridized carbons (Fsp3) is 0.462. The number of hydrogen-bond donors (Lipinski definition) is 2. The maximum atomic E-state index is 13.9. The van der Waals surface area contributed by atoms with Crippen LogP contribution in [0, 0.1) is 11.7 Å². The first kappa shape index (κ1) is 15.9. The Hall–Kier alpha value is -2.18. The molecular formula is C13H18FN3O3. The van der Waals surface area contributed by atoms with Crippen molar-refractivity contribution < 1.29 is 19.1 Å². The van der Waals surface area contributed by atoms with Gasteiger partial charge in [0.15, 0.2) is 11.6 Å². The molecule has 0 aromatic carbocycles. The molecule has 0 unspecified atom stereocenters. The number of carbonyl (C=O) groups is 2. The third-order valence-electron chi connectivity index (χ3n) is 2.55. The summed E-state index contributed by atoms with van der Waals surface area (Å²) in [5, 5.41) is 11.5. The number of hydrogen-bond acceptors (Lipinski definition) is 4. The second-order valence-corrected chi connectivity index (χ2v) is 4.86. The molecule has 0 atom stereocenters. The smallest absolute Gasteiger partial charge is 0.338 e. The zero-order chi connectivity index (χ0) is 15.3. The van der Waals surface area contributed by atoms with Gasteiger partial charge in [0.05, 0.1) is 6.54 Å². The van der Waals surface area contributed by atoms with E-state index in [0.717, 1.165) is 6.07 Å². The van der Waals surface area contributed by atoms with Crippen LogP contribution in [0.1, 0.15) is 24.2 Å². The maximum absolute atomic E-state index is 13.9. The summed E-state index contributed by atoms with van der Waals surface area (Å²) in [4.78, 5) is 27.5. The number of pyridine rings is 1. The van der Waals surface area contributed by atoms with Crippen molar-refractivity contribution in [2.75, 3.05) is 25.0 Å². The molecule has 0 spiro atoms. The summed E-state index contributed by atoms with van der Waals surface area (Å²) in [6.45, 7) is 4.35.